The highest BCUT2D eigenvalue weighted by Crippen LogP contribution is 2.26. The summed E-state index contributed by atoms with van der Waals surface area (Å²) in [6.07, 6.45) is 1.47. The van der Waals surface area contributed by atoms with E-state index in [-0.39, 0.29) is 10.6 Å². The lowest BCUT2D eigenvalue weighted by molar-refractivity contribution is -0.384. The van der Waals surface area contributed by atoms with Crippen LogP contribution in [0.2, 0.25) is 0 Å². The monoisotopic (exact) mass is 431 g/mol. The van der Waals surface area contributed by atoms with E-state index in [2.05, 4.69) is 15.5 Å². The van der Waals surface area contributed by atoms with Gasteiger partial charge in [0.2, 0.25) is 15.2 Å². The summed E-state index contributed by atoms with van der Waals surface area (Å²) in [6, 6.07) is 12.6. The maximum absolute atomic E-state index is 12.1. The van der Waals surface area contributed by atoms with E-state index in [1.807, 2.05) is 5.38 Å². The van der Waals surface area contributed by atoms with Gasteiger partial charge in [0.1, 0.15) is 0 Å². The maximum Gasteiger partial charge on any atom is 0.270 e. The second-order valence-corrected chi connectivity index (χ2v) is 9.08. The van der Waals surface area contributed by atoms with E-state index in [1.54, 1.807) is 24.3 Å². The first kappa shape index (κ1) is 20.6. The fourth-order valence-electron chi connectivity index (χ4n) is 2.35. The first-order valence-corrected chi connectivity index (χ1v) is 10.6. The zero-order chi connectivity index (χ0) is 21.0. The largest absolute Gasteiger partial charge is 0.270 e. The molecular formula is C18H17N5O4S2. The zero-order valence-corrected chi connectivity index (χ0v) is 17.1. The summed E-state index contributed by atoms with van der Waals surface area (Å²) in [4.78, 5) is 15.0. The third-order valence-corrected chi connectivity index (χ3v) is 6.46. The van der Waals surface area contributed by atoms with E-state index < -0.39 is 14.9 Å². The van der Waals surface area contributed by atoms with Crippen molar-refractivity contribution >= 4 is 38.4 Å². The molecule has 150 valence electrons. The van der Waals surface area contributed by atoms with Crippen LogP contribution in [0.25, 0.3) is 11.3 Å². The summed E-state index contributed by atoms with van der Waals surface area (Å²) < 4.78 is 25.4. The molecule has 1 aromatic heterocycles. The van der Waals surface area contributed by atoms with Gasteiger partial charge in [-0.25, -0.2) is 17.7 Å². The second-order valence-electron chi connectivity index (χ2n) is 6.07. The number of nitrogens with zero attached hydrogens (tertiary/aromatic N) is 4. The number of nitrogens with one attached hydrogen (secondary N) is 1. The number of anilines is 1. The molecule has 0 saturated carbocycles. The van der Waals surface area contributed by atoms with E-state index in [1.165, 1.54) is 55.9 Å². The van der Waals surface area contributed by atoms with Crippen molar-refractivity contribution in [2.75, 3.05) is 19.5 Å². The molecule has 0 aliphatic heterocycles. The molecule has 2 aromatic carbocycles. The Morgan fingerprint density at radius 3 is 2.59 bits per heavy atom. The molecule has 0 aliphatic carbocycles. The van der Waals surface area contributed by atoms with Crippen LogP contribution in [0.4, 0.5) is 10.8 Å². The highest BCUT2D eigenvalue weighted by molar-refractivity contribution is 7.89. The quantitative estimate of drug-likeness (QED) is 0.348. The van der Waals surface area contributed by atoms with Crippen LogP contribution in [-0.4, -0.2) is 42.9 Å². The van der Waals surface area contributed by atoms with Crippen LogP contribution in [0.1, 0.15) is 5.56 Å². The van der Waals surface area contributed by atoms with Crippen LogP contribution in [0.3, 0.4) is 0 Å². The molecule has 29 heavy (non-hydrogen) atoms. The van der Waals surface area contributed by atoms with Gasteiger partial charge in [-0.15, -0.1) is 11.3 Å². The van der Waals surface area contributed by atoms with Crippen molar-refractivity contribution in [1.29, 1.82) is 0 Å². The Kier molecular flexibility index (Phi) is 6.01. The molecule has 9 nitrogen and oxygen atoms in total. The molecule has 0 amide bonds. The van der Waals surface area contributed by atoms with Crippen LogP contribution in [0, 0.1) is 10.1 Å². The lowest BCUT2D eigenvalue weighted by atomic mass is 10.2. The Balaban J connectivity index is 1.70. The second kappa shape index (κ2) is 8.47. The molecule has 0 fully saturated rings. The summed E-state index contributed by atoms with van der Waals surface area (Å²) >= 11 is 1.33. The fourth-order valence-corrected chi connectivity index (χ4v) is 3.92. The van der Waals surface area contributed by atoms with Gasteiger partial charge >= 0.3 is 0 Å². The van der Waals surface area contributed by atoms with Gasteiger partial charge in [-0.05, 0) is 12.1 Å². The lowest BCUT2D eigenvalue weighted by Crippen LogP contribution is -2.22. The van der Waals surface area contributed by atoms with Crippen molar-refractivity contribution in [2.45, 2.75) is 4.90 Å². The molecular weight excluding hydrogens is 414 g/mol. The Labute approximate surface area is 171 Å². The van der Waals surface area contributed by atoms with Gasteiger partial charge in [0.15, 0.2) is 0 Å². The van der Waals surface area contributed by atoms with E-state index >= 15 is 0 Å². The number of rotatable bonds is 7. The first-order valence-electron chi connectivity index (χ1n) is 8.29. The number of hydrogen-bond acceptors (Lipinski definition) is 8. The number of benzene rings is 2. The predicted octanol–water partition coefficient (Wildman–Crippen LogP) is 3.41. The number of aromatic nitrogens is 1. The first-order chi connectivity index (χ1) is 13.8. The topological polar surface area (TPSA) is 118 Å². The maximum atomic E-state index is 12.1. The molecule has 0 aliphatic rings. The third kappa shape index (κ3) is 4.83. The summed E-state index contributed by atoms with van der Waals surface area (Å²) in [5.41, 5.74) is 4.81. The minimum Gasteiger partial charge on any atom is -0.258 e. The molecule has 0 radical (unpaired) electrons. The van der Waals surface area contributed by atoms with Gasteiger partial charge in [-0.1, -0.05) is 24.3 Å². The summed E-state index contributed by atoms with van der Waals surface area (Å²) in [6.45, 7) is 0. The number of non-ortho nitro benzene ring substituents is 1. The van der Waals surface area contributed by atoms with Crippen LogP contribution in [-0.2, 0) is 10.0 Å². The number of sulfonamides is 1. The SMILES string of the molecule is CN(C)S(=O)(=O)c1ccc(-c2csc(N/N=C/c3cccc([N+](=O)[O-])c3)n2)cc1. The summed E-state index contributed by atoms with van der Waals surface area (Å²) in [7, 11) is -0.512. The average Bonchev–Trinajstić information content (AvgIpc) is 3.17. The number of nitro benzene ring substituents is 1. The van der Waals surface area contributed by atoms with Crippen LogP contribution < -0.4 is 5.43 Å². The van der Waals surface area contributed by atoms with Gasteiger partial charge in [-0.2, -0.15) is 5.10 Å². The lowest BCUT2D eigenvalue weighted by Gasteiger charge is -2.11. The van der Waals surface area contributed by atoms with Gasteiger partial charge in [-0.3, -0.25) is 15.5 Å². The zero-order valence-electron chi connectivity index (χ0n) is 15.5. The number of hydrogen-bond donors (Lipinski definition) is 1. The highest BCUT2D eigenvalue weighted by atomic mass is 32.2. The standard InChI is InChI=1S/C18H17N5O4S2/c1-22(2)29(26,27)16-8-6-14(7-9-16)17-12-28-18(20-17)21-19-11-13-4-3-5-15(10-13)23(24)25/h3-12H,1-2H3,(H,20,21)/b19-11+. The molecule has 1 heterocycles. The van der Waals surface area contributed by atoms with E-state index in [0.29, 0.717) is 16.4 Å². The molecule has 1 N–H and O–H groups in total. The van der Waals surface area contributed by atoms with E-state index in [4.69, 9.17) is 0 Å². The molecule has 11 heteroatoms. The molecule has 0 spiro atoms. The smallest absolute Gasteiger partial charge is 0.258 e. The Morgan fingerprint density at radius 2 is 1.93 bits per heavy atom. The van der Waals surface area contributed by atoms with Crippen molar-refractivity contribution in [3.8, 4) is 11.3 Å². The molecule has 0 saturated heterocycles. The Morgan fingerprint density at radius 1 is 1.21 bits per heavy atom. The van der Waals surface area contributed by atoms with Crippen molar-refractivity contribution < 1.29 is 13.3 Å². The predicted molar refractivity (Wildman–Crippen MR) is 113 cm³/mol. The molecule has 3 aromatic rings. The van der Waals surface area contributed by atoms with Gasteiger partial charge in [0, 0.05) is 42.7 Å². The number of hydrazone groups is 1. The average molecular weight is 431 g/mol. The molecule has 0 atom stereocenters. The van der Waals surface area contributed by atoms with Crippen molar-refractivity contribution in [3.05, 3.63) is 69.6 Å². The fraction of sp³-hybridized carbons (Fsp3) is 0.111. The van der Waals surface area contributed by atoms with E-state index in [0.717, 1.165) is 9.87 Å². The van der Waals surface area contributed by atoms with Gasteiger partial charge in [0.25, 0.3) is 5.69 Å². The number of nitro groups is 1. The van der Waals surface area contributed by atoms with Crippen LogP contribution in [0.15, 0.2) is 63.9 Å². The molecule has 0 unspecified atom stereocenters. The highest BCUT2D eigenvalue weighted by Gasteiger charge is 2.17. The minimum atomic E-state index is -3.48. The summed E-state index contributed by atoms with van der Waals surface area (Å²) in [5, 5.41) is 17.2. The third-order valence-electron chi connectivity index (χ3n) is 3.89. The van der Waals surface area contributed by atoms with Gasteiger partial charge < -0.3 is 0 Å². The Bertz CT molecular complexity index is 1160. The molecule has 0 bridgehead atoms. The minimum absolute atomic E-state index is 0.00906. The van der Waals surface area contributed by atoms with Gasteiger partial charge in [0.05, 0.1) is 21.7 Å². The van der Waals surface area contributed by atoms with Crippen molar-refractivity contribution in [1.82, 2.24) is 9.29 Å². The van der Waals surface area contributed by atoms with Crippen molar-refractivity contribution in [3.63, 3.8) is 0 Å². The van der Waals surface area contributed by atoms with E-state index in [9.17, 15) is 18.5 Å². The number of thiazole rings is 1. The van der Waals surface area contributed by atoms with Crippen LogP contribution in [0.5, 0.6) is 0 Å². The normalized spacial score (nSPS) is 11.8. The Hall–Kier alpha value is -3.15. The van der Waals surface area contributed by atoms with Crippen molar-refractivity contribution in [2.24, 2.45) is 5.10 Å². The molecule has 3 rings (SSSR count). The van der Waals surface area contributed by atoms with Crippen LogP contribution >= 0.6 is 11.3 Å². The summed E-state index contributed by atoms with van der Waals surface area (Å²) in [5.74, 6) is 0.